The van der Waals surface area contributed by atoms with E-state index >= 15 is 0 Å². The largest absolute Gasteiger partial charge is 0.385 e. The number of carbonyl (C=O) groups is 1. The fourth-order valence-electron chi connectivity index (χ4n) is 1.75. The first kappa shape index (κ1) is 16.6. The number of Topliss-reactive ketones (excluding diaryl/α,β-unsaturated/α-hetero) is 1. The molecule has 0 saturated carbocycles. The molecule has 17 heavy (non-hydrogen) atoms. The van der Waals surface area contributed by atoms with Crippen molar-refractivity contribution in [3.05, 3.63) is 0 Å². The van der Waals surface area contributed by atoms with E-state index in [1.165, 1.54) is 0 Å². The van der Waals surface area contributed by atoms with Crippen LogP contribution in [-0.2, 0) is 9.53 Å². The van der Waals surface area contributed by atoms with Gasteiger partial charge in [-0.25, -0.2) is 0 Å². The summed E-state index contributed by atoms with van der Waals surface area (Å²) in [5, 5.41) is 3.42. The Hall–Kier alpha value is -0.410. The van der Waals surface area contributed by atoms with Crippen LogP contribution >= 0.6 is 0 Å². The standard InChI is InChI=1S/C14H29NO2/c1-13(2,3)12(16)11(9-8-10-17-7)15-14(4,5)6/h11,15H,8-10H2,1-7H3. The Morgan fingerprint density at radius 3 is 2.06 bits per heavy atom. The number of rotatable bonds is 6. The molecule has 0 aromatic rings. The lowest BCUT2D eigenvalue weighted by molar-refractivity contribution is -0.129. The molecule has 0 aliphatic carbocycles. The van der Waals surface area contributed by atoms with E-state index in [2.05, 4.69) is 26.1 Å². The second-order valence-corrected chi connectivity index (χ2v) is 6.70. The number of ketones is 1. The highest BCUT2D eigenvalue weighted by molar-refractivity contribution is 5.88. The van der Waals surface area contributed by atoms with Gasteiger partial charge >= 0.3 is 0 Å². The third-order valence-corrected chi connectivity index (χ3v) is 2.50. The van der Waals surface area contributed by atoms with Gasteiger partial charge in [0.15, 0.2) is 5.78 Å². The van der Waals surface area contributed by atoms with Crippen LogP contribution in [0.2, 0.25) is 0 Å². The molecule has 0 aliphatic rings. The second kappa shape index (κ2) is 6.50. The van der Waals surface area contributed by atoms with Crippen molar-refractivity contribution >= 4 is 5.78 Å². The highest BCUT2D eigenvalue weighted by Gasteiger charge is 2.31. The summed E-state index contributed by atoms with van der Waals surface area (Å²) in [6.07, 6.45) is 1.74. The van der Waals surface area contributed by atoms with Gasteiger partial charge in [-0.1, -0.05) is 20.8 Å². The zero-order valence-corrected chi connectivity index (χ0v) is 12.5. The zero-order chi connectivity index (χ0) is 13.7. The SMILES string of the molecule is COCCCC(NC(C)(C)C)C(=O)C(C)(C)C. The van der Waals surface area contributed by atoms with Gasteiger partial charge in [0.25, 0.3) is 0 Å². The predicted octanol–water partition coefficient (Wildman–Crippen LogP) is 2.78. The number of carbonyl (C=O) groups excluding carboxylic acids is 1. The van der Waals surface area contributed by atoms with E-state index < -0.39 is 0 Å². The predicted molar refractivity (Wildman–Crippen MR) is 72.2 cm³/mol. The average Bonchev–Trinajstić information content (AvgIpc) is 2.12. The molecule has 0 fully saturated rings. The summed E-state index contributed by atoms with van der Waals surface area (Å²) < 4.78 is 5.05. The zero-order valence-electron chi connectivity index (χ0n) is 12.5. The highest BCUT2D eigenvalue weighted by atomic mass is 16.5. The molecule has 0 amide bonds. The minimum Gasteiger partial charge on any atom is -0.385 e. The van der Waals surface area contributed by atoms with Crippen LogP contribution in [0.15, 0.2) is 0 Å². The van der Waals surface area contributed by atoms with Crippen LogP contribution in [0, 0.1) is 5.41 Å². The van der Waals surface area contributed by atoms with E-state index in [0.29, 0.717) is 6.61 Å². The van der Waals surface area contributed by atoms with E-state index in [4.69, 9.17) is 4.74 Å². The van der Waals surface area contributed by atoms with Gasteiger partial charge < -0.3 is 10.1 Å². The number of ether oxygens (including phenoxy) is 1. The molecule has 102 valence electrons. The maximum Gasteiger partial charge on any atom is 0.155 e. The summed E-state index contributed by atoms with van der Waals surface area (Å²) in [6.45, 7) is 12.9. The van der Waals surface area contributed by atoms with Crippen LogP contribution in [0.5, 0.6) is 0 Å². The Morgan fingerprint density at radius 2 is 1.71 bits per heavy atom. The van der Waals surface area contributed by atoms with Gasteiger partial charge in [-0.2, -0.15) is 0 Å². The van der Waals surface area contributed by atoms with Gasteiger partial charge in [0, 0.05) is 24.7 Å². The van der Waals surface area contributed by atoms with Gasteiger partial charge in [0.05, 0.1) is 6.04 Å². The monoisotopic (exact) mass is 243 g/mol. The lowest BCUT2D eigenvalue weighted by Gasteiger charge is -2.31. The van der Waals surface area contributed by atoms with Crippen molar-refractivity contribution in [1.29, 1.82) is 0 Å². The molecule has 0 rings (SSSR count). The van der Waals surface area contributed by atoms with E-state index in [1.54, 1.807) is 7.11 Å². The Labute approximate surface area is 106 Å². The minimum atomic E-state index is -0.296. The van der Waals surface area contributed by atoms with Crippen LogP contribution in [-0.4, -0.2) is 31.1 Å². The van der Waals surface area contributed by atoms with Gasteiger partial charge in [-0.3, -0.25) is 4.79 Å². The summed E-state index contributed by atoms with van der Waals surface area (Å²) >= 11 is 0. The van der Waals surface area contributed by atoms with Crippen LogP contribution in [0.4, 0.5) is 0 Å². The van der Waals surface area contributed by atoms with E-state index in [1.807, 2.05) is 20.8 Å². The van der Waals surface area contributed by atoms with E-state index in [-0.39, 0.29) is 22.8 Å². The molecule has 0 aliphatic heterocycles. The molecule has 1 unspecified atom stereocenters. The lowest BCUT2D eigenvalue weighted by atomic mass is 9.84. The second-order valence-electron chi connectivity index (χ2n) is 6.70. The molecule has 0 spiro atoms. The Balaban J connectivity index is 4.56. The average molecular weight is 243 g/mol. The molecular weight excluding hydrogens is 214 g/mol. The fraction of sp³-hybridized carbons (Fsp3) is 0.929. The molecule has 1 atom stereocenters. The number of methoxy groups -OCH3 is 1. The van der Waals surface area contributed by atoms with Crippen molar-refractivity contribution < 1.29 is 9.53 Å². The fourth-order valence-corrected chi connectivity index (χ4v) is 1.75. The third kappa shape index (κ3) is 7.50. The first-order valence-corrected chi connectivity index (χ1v) is 6.39. The molecule has 3 nitrogen and oxygen atoms in total. The molecule has 0 aromatic heterocycles. The van der Waals surface area contributed by atoms with Gasteiger partial charge in [0.1, 0.15) is 0 Å². The smallest absolute Gasteiger partial charge is 0.155 e. The molecule has 0 saturated heterocycles. The lowest BCUT2D eigenvalue weighted by Crippen LogP contribution is -2.50. The minimum absolute atomic E-state index is 0.0430. The first-order valence-electron chi connectivity index (χ1n) is 6.39. The van der Waals surface area contributed by atoms with Gasteiger partial charge in [-0.05, 0) is 33.6 Å². The van der Waals surface area contributed by atoms with Crippen LogP contribution in [0.1, 0.15) is 54.4 Å². The van der Waals surface area contributed by atoms with Crippen molar-refractivity contribution in [2.45, 2.75) is 66.0 Å². The first-order chi connectivity index (χ1) is 7.58. The summed E-state index contributed by atoms with van der Waals surface area (Å²) in [5.74, 6) is 0.281. The molecule has 1 N–H and O–H groups in total. The van der Waals surface area contributed by atoms with Gasteiger partial charge in [0.2, 0.25) is 0 Å². The topological polar surface area (TPSA) is 38.3 Å². The molecule has 0 aromatic carbocycles. The van der Waals surface area contributed by atoms with Crippen molar-refractivity contribution in [1.82, 2.24) is 5.32 Å². The third-order valence-electron chi connectivity index (χ3n) is 2.50. The Kier molecular flexibility index (Phi) is 6.35. The van der Waals surface area contributed by atoms with Crippen molar-refractivity contribution in [3.8, 4) is 0 Å². The Morgan fingerprint density at radius 1 is 1.18 bits per heavy atom. The maximum absolute atomic E-state index is 12.3. The molecule has 3 heteroatoms. The normalized spacial score (nSPS) is 14.8. The highest BCUT2D eigenvalue weighted by Crippen LogP contribution is 2.20. The van der Waals surface area contributed by atoms with Crippen molar-refractivity contribution in [2.75, 3.05) is 13.7 Å². The summed E-state index contributed by atoms with van der Waals surface area (Å²) in [4.78, 5) is 12.3. The quantitative estimate of drug-likeness (QED) is 0.729. The molecule has 0 radical (unpaired) electrons. The molecule has 0 heterocycles. The van der Waals surface area contributed by atoms with Crippen molar-refractivity contribution in [3.63, 3.8) is 0 Å². The van der Waals surface area contributed by atoms with Gasteiger partial charge in [-0.15, -0.1) is 0 Å². The van der Waals surface area contributed by atoms with Crippen LogP contribution < -0.4 is 5.32 Å². The number of hydrogen-bond donors (Lipinski definition) is 1. The van der Waals surface area contributed by atoms with Crippen molar-refractivity contribution in [2.24, 2.45) is 5.41 Å². The summed E-state index contributed by atoms with van der Waals surface area (Å²) in [5.41, 5.74) is -0.339. The van der Waals surface area contributed by atoms with Crippen LogP contribution in [0.3, 0.4) is 0 Å². The summed E-state index contributed by atoms with van der Waals surface area (Å²) in [6, 6.07) is -0.0786. The van der Waals surface area contributed by atoms with E-state index in [9.17, 15) is 4.79 Å². The summed E-state index contributed by atoms with van der Waals surface area (Å²) in [7, 11) is 1.69. The molecule has 0 bridgehead atoms. The maximum atomic E-state index is 12.3. The number of nitrogens with one attached hydrogen (secondary N) is 1. The Bertz CT molecular complexity index is 236. The molecular formula is C14H29NO2. The number of hydrogen-bond acceptors (Lipinski definition) is 3. The van der Waals surface area contributed by atoms with Crippen LogP contribution in [0.25, 0.3) is 0 Å². The van der Waals surface area contributed by atoms with E-state index in [0.717, 1.165) is 12.8 Å².